The summed E-state index contributed by atoms with van der Waals surface area (Å²) in [4.78, 5) is 19.9. The summed E-state index contributed by atoms with van der Waals surface area (Å²) in [6.07, 6.45) is 15.6. The van der Waals surface area contributed by atoms with E-state index in [9.17, 15) is 4.79 Å². The zero-order valence-corrected chi connectivity index (χ0v) is 24.7. The lowest BCUT2D eigenvalue weighted by Crippen LogP contribution is -2.46. The molecule has 4 atom stereocenters. The second kappa shape index (κ2) is 9.03. The van der Waals surface area contributed by atoms with Gasteiger partial charge < -0.3 is 18.9 Å². The number of anilines is 1. The maximum absolute atomic E-state index is 12.3. The average Bonchev–Trinajstić information content (AvgIpc) is 3.93. The molecule has 5 aliphatic carbocycles. The minimum atomic E-state index is -0.265. The van der Waals surface area contributed by atoms with Crippen molar-refractivity contribution in [2.24, 2.45) is 11.3 Å². The van der Waals surface area contributed by atoms with Gasteiger partial charge in [-0.1, -0.05) is 16.5 Å². The number of benzene rings is 1. The minimum Gasteiger partial charge on any atom is -0.462 e. The Labute approximate surface area is 245 Å². The number of aromatic nitrogens is 2. The highest BCUT2D eigenvalue weighted by atomic mass is 32.1. The number of nitrogens with zero attached hydrogens (tertiary/aromatic N) is 3. The number of fused-ring (bicyclic) bond motifs is 1. The molecule has 2 spiro atoms. The standard InChI is InChI=1S/C33H39N3O4S/c1-2-38-30(37)21-5-6-25-26(15-21)41-31(34-25)36-27-17-23(16-22-9-12-33(22,27)36)39-18-24-28(35-40-29(24)20-3-4-20)19-7-10-32(11-8-19)13-14-32/h5-6,15,19-20,22-23,27H,2-4,7-14,16-18H2,1H3/t22-,23?,27?,33?,36?/m0/s1. The number of ether oxygens (including phenoxy) is 2. The third-order valence-corrected chi connectivity index (χ3v) is 12.7. The largest absolute Gasteiger partial charge is 0.462 e. The number of carbonyl (C=O) groups is 1. The first-order valence-corrected chi connectivity index (χ1v) is 16.9. The van der Waals surface area contributed by atoms with Crippen molar-refractivity contribution in [2.45, 2.75) is 120 Å². The normalized spacial score (nSPS) is 31.5. The topological polar surface area (TPSA) is 77.5 Å². The van der Waals surface area contributed by atoms with Crippen molar-refractivity contribution in [3.8, 4) is 0 Å². The van der Waals surface area contributed by atoms with Gasteiger partial charge in [0.25, 0.3) is 0 Å². The molecule has 7 nitrogen and oxygen atoms in total. The van der Waals surface area contributed by atoms with Crippen LogP contribution < -0.4 is 4.90 Å². The van der Waals surface area contributed by atoms with Gasteiger partial charge in [-0.25, -0.2) is 9.78 Å². The molecule has 2 aromatic heterocycles. The summed E-state index contributed by atoms with van der Waals surface area (Å²) in [6.45, 7) is 2.88. The highest BCUT2D eigenvalue weighted by Crippen LogP contribution is 2.67. The molecule has 1 saturated heterocycles. The molecule has 0 bridgehead atoms. The molecule has 0 amide bonds. The van der Waals surface area contributed by atoms with Crippen LogP contribution in [0.3, 0.4) is 0 Å². The zero-order valence-electron chi connectivity index (χ0n) is 23.9. The van der Waals surface area contributed by atoms with Crippen LogP contribution in [0.5, 0.6) is 0 Å². The fraction of sp³-hybridized carbons (Fsp3) is 0.667. The summed E-state index contributed by atoms with van der Waals surface area (Å²) >= 11 is 1.71. The number of rotatable bonds is 8. The van der Waals surface area contributed by atoms with Crippen molar-refractivity contribution < 1.29 is 18.8 Å². The summed E-state index contributed by atoms with van der Waals surface area (Å²) in [6, 6.07) is 6.23. The number of carbonyl (C=O) groups excluding carboxylic acids is 1. The Hall–Kier alpha value is -2.45. The summed E-state index contributed by atoms with van der Waals surface area (Å²) in [5, 5.41) is 5.79. The first-order valence-electron chi connectivity index (χ1n) is 16.0. The van der Waals surface area contributed by atoms with Crippen molar-refractivity contribution in [3.63, 3.8) is 0 Å². The molecular weight excluding hydrogens is 534 g/mol. The first-order chi connectivity index (χ1) is 20.1. The third kappa shape index (κ3) is 3.95. The second-order valence-corrected chi connectivity index (χ2v) is 14.9. The van der Waals surface area contributed by atoms with Crippen LogP contribution in [-0.2, 0) is 16.1 Å². The van der Waals surface area contributed by atoms with Gasteiger partial charge in [-0.3, -0.25) is 0 Å². The Morgan fingerprint density at radius 3 is 2.66 bits per heavy atom. The van der Waals surface area contributed by atoms with Crippen molar-refractivity contribution in [1.29, 1.82) is 0 Å². The van der Waals surface area contributed by atoms with Crippen LogP contribution in [-0.4, -0.2) is 40.4 Å². The lowest BCUT2D eigenvalue weighted by molar-refractivity contribution is -0.0164. The monoisotopic (exact) mass is 573 g/mol. The molecule has 0 radical (unpaired) electrons. The van der Waals surface area contributed by atoms with E-state index in [0.29, 0.717) is 48.0 Å². The maximum Gasteiger partial charge on any atom is 0.338 e. The van der Waals surface area contributed by atoms with Gasteiger partial charge >= 0.3 is 5.97 Å². The van der Waals surface area contributed by atoms with Gasteiger partial charge in [0.15, 0.2) is 5.13 Å². The molecule has 1 aliphatic heterocycles. The predicted molar refractivity (Wildman–Crippen MR) is 156 cm³/mol. The average molecular weight is 574 g/mol. The van der Waals surface area contributed by atoms with Crippen LogP contribution in [0.2, 0.25) is 0 Å². The molecule has 3 aromatic rings. The van der Waals surface area contributed by atoms with Gasteiger partial charge in [0, 0.05) is 17.4 Å². The van der Waals surface area contributed by atoms with Crippen LogP contribution in [0.1, 0.15) is 123 Å². The molecule has 3 unspecified atom stereocenters. The van der Waals surface area contributed by atoms with E-state index in [-0.39, 0.29) is 17.6 Å². The summed E-state index contributed by atoms with van der Waals surface area (Å²) < 4.78 is 19.1. The first kappa shape index (κ1) is 25.1. The smallest absolute Gasteiger partial charge is 0.338 e. The van der Waals surface area contributed by atoms with E-state index < -0.39 is 0 Å². The molecule has 6 aliphatic rings. The van der Waals surface area contributed by atoms with Crippen LogP contribution in [0.25, 0.3) is 10.2 Å². The van der Waals surface area contributed by atoms with Crippen molar-refractivity contribution >= 4 is 32.7 Å². The summed E-state index contributed by atoms with van der Waals surface area (Å²) in [5.41, 5.74) is 5.05. The van der Waals surface area contributed by atoms with E-state index in [1.54, 1.807) is 11.3 Å². The molecule has 6 fully saturated rings. The fourth-order valence-corrected chi connectivity index (χ4v) is 9.90. The second-order valence-electron chi connectivity index (χ2n) is 13.9. The maximum atomic E-state index is 12.3. The van der Waals surface area contributed by atoms with Gasteiger partial charge in [0.1, 0.15) is 5.76 Å². The molecule has 0 N–H and O–H groups in total. The van der Waals surface area contributed by atoms with Crippen LogP contribution in [0, 0.1) is 11.3 Å². The Bertz CT molecular complexity index is 1510. The van der Waals surface area contributed by atoms with E-state index in [1.807, 2.05) is 25.1 Å². The predicted octanol–water partition coefficient (Wildman–Crippen LogP) is 7.49. The Kier molecular flexibility index (Phi) is 5.52. The highest BCUT2D eigenvalue weighted by molar-refractivity contribution is 7.22. The zero-order chi connectivity index (χ0) is 27.3. The van der Waals surface area contributed by atoms with Gasteiger partial charge in [0.05, 0.1) is 52.4 Å². The Balaban J connectivity index is 0.911. The Morgan fingerprint density at radius 1 is 1.07 bits per heavy atom. The lowest BCUT2D eigenvalue weighted by atomic mass is 9.64. The summed E-state index contributed by atoms with van der Waals surface area (Å²) in [5.74, 6) is 2.64. The van der Waals surface area contributed by atoms with Gasteiger partial charge in [-0.05, 0) is 114 Å². The van der Waals surface area contributed by atoms with E-state index in [2.05, 4.69) is 4.90 Å². The van der Waals surface area contributed by atoms with Crippen LogP contribution >= 0.6 is 11.3 Å². The van der Waals surface area contributed by atoms with E-state index in [0.717, 1.165) is 34.0 Å². The molecular formula is C33H39N3O4S. The highest BCUT2D eigenvalue weighted by Gasteiger charge is 2.73. The quantitative estimate of drug-likeness (QED) is 0.204. The van der Waals surface area contributed by atoms with Crippen LogP contribution in [0.4, 0.5) is 5.13 Å². The molecule has 9 rings (SSSR count). The number of hydrogen-bond acceptors (Lipinski definition) is 8. The number of thiazole rings is 1. The lowest BCUT2D eigenvalue weighted by Gasteiger charge is -2.42. The molecule has 5 saturated carbocycles. The SMILES string of the molecule is CCOC(=O)c1ccc2nc(N3C4CC(OCc5c(C6CCC7(CC6)CC7)noc5C5CC5)C[C@@H]5CCC453)sc2c1. The molecule has 1 aromatic carbocycles. The van der Waals surface area contributed by atoms with Crippen LogP contribution in [0.15, 0.2) is 22.7 Å². The molecule has 41 heavy (non-hydrogen) atoms. The minimum absolute atomic E-state index is 0.265. The molecule has 3 heterocycles. The van der Waals surface area contributed by atoms with E-state index in [4.69, 9.17) is 24.1 Å². The number of hydrogen-bond donors (Lipinski definition) is 0. The summed E-state index contributed by atoms with van der Waals surface area (Å²) in [7, 11) is 0. The molecule has 8 heteroatoms. The van der Waals surface area contributed by atoms with Gasteiger partial charge in [0.2, 0.25) is 0 Å². The van der Waals surface area contributed by atoms with Gasteiger partial charge in [-0.2, -0.15) is 0 Å². The van der Waals surface area contributed by atoms with Crippen molar-refractivity contribution in [2.75, 3.05) is 11.5 Å². The number of esters is 1. The van der Waals surface area contributed by atoms with Gasteiger partial charge in [-0.15, -0.1) is 0 Å². The molecule has 216 valence electrons. The van der Waals surface area contributed by atoms with Crippen molar-refractivity contribution in [1.82, 2.24) is 10.1 Å². The van der Waals surface area contributed by atoms with E-state index >= 15 is 0 Å². The fourth-order valence-electron chi connectivity index (χ4n) is 8.76. The third-order valence-electron chi connectivity index (χ3n) is 11.6. The van der Waals surface area contributed by atoms with E-state index in [1.165, 1.54) is 75.5 Å². The Morgan fingerprint density at radius 2 is 1.93 bits per heavy atom. The van der Waals surface area contributed by atoms with Crippen molar-refractivity contribution in [3.05, 3.63) is 40.8 Å².